The second-order valence-corrected chi connectivity index (χ2v) is 5.23. The second kappa shape index (κ2) is 6.50. The number of hydrogen-bond acceptors (Lipinski definition) is 4. The van der Waals surface area contributed by atoms with Gasteiger partial charge in [0.2, 0.25) is 11.8 Å². The van der Waals surface area contributed by atoms with E-state index in [1.165, 1.54) is 0 Å². The Morgan fingerprint density at radius 1 is 1.04 bits per heavy atom. The van der Waals surface area contributed by atoms with E-state index in [1.807, 2.05) is 6.07 Å². The normalized spacial score (nSPS) is 10.3. The van der Waals surface area contributed by atoms with Crippen molar-refractivity contribution in [1.82, 2.24) is 10.2 Å². The van der Waals surface area contributed by atoms with Crippen molar-refractivity contribution in [3.63, 3.8) is 0 Å². The molecule has 1 heterocycles. The molecule has 3 rings (SSSR count). The van der Waals surface area contributed by atoms with Gasteiger partial charge in [0, 0.05) is 28.9 Å². The number of amides is 2. The number of carbonyl (C=O) groups is 1. The molecule has 0 spiro atoms. The molecule has 7 heteroatoms. The predicted octanol–water partition coefficient (Wildman–Crippen LogP) is 4.34. The highest BCUT2D eigenvalue weighted by Gasteiger charge is 2.08. The van der Waals surface area contributed by atoms with E-state index < -0.39 is 0 Å². The number of halogens is 1. The first-order chi connectivity index (χ1) is 11.1. The number of carbonyl (C=O) groups excluding carboxylic acids is 1. The molecule has 1 aromatic heterocycles. The van der Waals surface area contributed by atoms with Gasteiger partial charge in [-0.15, -0.1) is 10.2 Å². The zero-order valence-electron chi connectivity index (χ0n) is 12.2. The van der Waals surface area contributed by atoms with Crippen molar-refractivity contribution < 1.29 is 9.21 Å². The fraction of sp³-hybridized carbons (Fsp3) is 0.0625. The molecule has 0 bridgehead atoms. The topological polar surface area (TPSA) is 80.0 Å². The Morgan fingerprint density at radius 2 is 1.78 bits per heavy atom. The predicted molar refractivity (Wildman–Crippen MR) is 88.6 cm³/mol. The second-order valence-electron chi connectivity index (χ2n) is 4.79. The molecule has 0 radical (unpaired) electrons. The van der Waals surface area contributed by atoms with E-state index in [-0.39, 0.29) is 6.03 Å². The number of nitrogens with one attached hydrogen (secondary N) is 2. The van der Waals surface area contributed by atoms with Crippen molar-refractivity contribution in [3.05, 3.63) is 59.4 Å². The molecule has 2 aromatic carbocycles. The van der Waals surface area contributed by atoms with Gasteiger partial charge < -0.3 is 15.1 Å². The van der Waals surface area contributed by atoms with E-state index in [0.717, 1.165) is 5.56 Å². The van der Waals surface area contributed by atoms with Gasteiger partial charge >= 0.3 is 6.03 Å². The van der Waals surface area contributed by atoms with Gasteiger partial charge in [-0.3, -0.25) is 0 Å². The molecule has 0 aliphatic carbocycles. The molecule has 6 nitrogen and oxygen atoms in total. The number of nitrogens with zero attached hydrogens (tertiary/aromatic N) is 2. The van der Waals surface area contributed by atoms with Crippen molar-refractivity contribution in [3.8, 4) is 11.5 Å². The molecule has 23 heavy (non-hydrogen) atoms. The van der Waals surface area contributed by atoms with E-state index in [2.05, 4.69) is 20.8 Å². The van der Waals surface area contributed by atoms with Crippen molar-refractivity contribution in [2.75, 3.05) is 10.6 Å². The highest BCUT2D eigenvalue weighted by Crippen LogP contribution is 2.21. The number of anilines is 2. The molecule has 0 saturated carbocycles. The van der Waals surface area contributed by atoms with Crippen LogP contribution in [-0.2, 0) is 0 Å². The van der Waals surface area contributed by atoms with Gasteiger partial charge in [-0.1, -0.05) is 17.7 Å². The van der Waals surface area contributed by atoms with Crippen LogP contribution in [0.25, 0.3) is 11.5 Å². The van der Waals surface area contributed by atoms with Crippen LogP contribution < -0.4 is 10.6 Å². The highest BCUT2D eigenvalue weighted by molar-refractivity contribution is 6.30. The summed E-state index contributed by atoms with van der Waals surface area (Å²) in [7, 11) is 0. The minimum Gasteiger partial charge on any atom is -0.421 e. The van der Waals surface area contributed by atoms with E-state index in [0.29, 0.717) is 28.2 Å². The molecule has 0 atom stereocenters. The molecule has 0 fully saturated rings. The third-order valence-corrected chi connectivity index (χ3v) is 3.25. The number of rotatable bonds is 3. The van der Waals surface area contributed by atoms with Gasteiger partial charge in [-0.2, -0.15) is 0 Å². The van der Waals surface area contributed by atoms with Gasteiger partial charge in [0.05, 0.1) is 0 Å². The molecular formula is C16H13ClN4O2. The third kappa shape index (κ3) is 3.87. The Morgan fingerprint density at radius 3 is 2.48 bits per heavy atom. The van der Waals surface area contributed by atoms with Gasteiger partial charge in [0.15, 0.2) is 0 Å². The first-order valence-corrected chi connectivity index (χ1v) is 7.22. The largest absolute Gasteiger partial charge is 0.421 e. The molecule has 0 unspecified atom stereocenters. The summed E-state index contributed by atoms with van der Waals surface area (Å²) in [6.07, 6.45) is 0. The standard InChI is InChI=1S/C16H13ClN4O2/c1-10-20-21-15(23-10)11-3-2-4-14(9-11)19-16(22)18-13-7-5-12(17)6-8-13/h2-9H,1H3,(H2,18,19,22). The number of urea groups is 1. The maximum absolute atomic E-state index is 12.0. The Hall–Kier alpha value is -2.86. The Kier molecular flexibility index (Phi) is 4.25. The summed E-state index contributed by atoms with van der Waals surface area (Å²) >= 11 is 5.81. The van der Waals surface area contributed by atoms with E-state index >= 15 is 0 Å². The van der Waals surface area contributed by atoms with Crippen LogP contribution in [0.2, 0.25) is 5.02 Å². The smallest absolute Gasteiger partial charge is 0.323 e. The third-order valence-electron chi connectivity index (χ3n) is 3.00. The minimum absolute atomic E-state index is 0.355. The summed E-state index contributed by atoms with van der Waals surface area (Å²) in [6.45, 7) is 1.72. The Balaban J connectivity index is 1.70. The summed E-state index contributed by atoms with van der Waals surface area (Å²) in [4.78, 5) is 12.0. The average molecular weight is 329 g/mol. The fourth-order valence-electron chi connectivity index (χ4n) is 1.97. The van der Waals surface area contributed by atoms with Crippen molar-refractivity contribution in [1.29, 1.82) is 0 Å². The van der Waals surface area contributed by atoms with Crippen LogP contribution >= 0.6 is 11.6 Å². The summed E-state index contributed by atoms with van der Waals surface area (Å²) in [5, 5.41) is 13.8. The number of aromatic nitrogens is 2. The van der Waals surface area contributed by atoms with Crippen LogP contribution in [0.5, 0.6) is 0 Å². The number of benzene rings is 2. The highest BCUT2D eigenvalue weighted by atomic mass is 35.5. The lowest BCUT2D eigenvalue weighted by Crippen LogP contribution is -2.19. The Bertz CT molecular complexity index is 830. The van der Waals surface area contributed by atoms with E-state index in [9.17, 15) is 4.79 Å². The first-order valence-electron chi connectivity index (χ1n) is 6.84. The van der Waals surface area contributed by atoms with E-state index in [4.69, 9.17) is 16.0 Å². The van der Waals surface area contributed by atoms with Gasteiger partial charge in [0.1, 0.15) is 0 Å². The molecule has 3 aromatic rings. The van der Waals surface area contributed by atoms with Crippen LogP contribution in [0.4, 0.5) is 16.2 Å². The van der Waals surface area contributed by atoms with Gasteiger partial charge in [0.25, 0.3) is 0 Å². The average Bonchev–Trinajstić information content (AvgIpc) is 2.96. The molecule has 0 aliphatic heterocycles. The van der Waals surface area contributed by atoms with Crippen LogP contribution in [0.3, 0.4) is 0 Å². The molecular weight excluding hydrogens is 316 g/mol. The zero-order valence-corrected chi connectivity index (χ0v) is 13.0. The number of aryl methyl sites for hydroxylation is 1. The Labute approximate surface area is 137 Å². The lowest BCUT2D eigenvalue weighted by molar-refractivity contribution is 0.262. The summed E-state index contributed by atoms with van der Waals surface area (Å²) in [6, 6.07) is 13.7. The van der Waals surface area contributed by atoms with Crippen LogP contribution in [-0.4, -0.2) is 16.2 Å². The van der Waals surface area contributed by atoms with Gasteiger partial charge in [-0.05, 0) is 42.5 Å². The zero-order chi connectivity index (χ0) is 16.2. The summed E-state index contributed by atoms with van der Waals surface area (Å²) in [5.74, 6) is 0.892. The van der Waals surface area contributed by atoms with Crippen molar-refractivity contribution in [2.24, 2.45) is 0 Å². The SMILES string of the molecule is Cc1nnc(-c2cccc(NC(=O)Nc3ccc(Cl)cc3)c2)o1. The fourth-order valence-corrected chi connectivity index (χ4v) is 2.10. The lowest BCUT2D eigenvalue weighted by Gasteiger charge is -2.08. The molecule has 0 saturated heterocycles. The quantitative estimate of drug-likeness (QED) is 0.749. The van der Waals surface area contributed by atoms with Crippen LogP contribution in [0, 0.1) is 6.92 Å². The van der Waals surface area contributed by atoms with Crippen LogP contribution in [0.15, 0.2) is 52.9 Å². The first kappa shape index (κ1) is 15.1. The summed E-state index contributed by atoms with van der Waals surface area (Å²) < 4.78 is 5.37. The van der Waals surface area contributed by atoms with Crippen molar-refractivity contribution in [2.45, 2.75) is 6.92 Å². The maximum Gasteiger partial charge on any atom is 0.323 e. The lowest BCUT2D eigenvalue weighted by atomic mass is 10.2. The van der Waals surface area contributed by atoms with Crippen LogP contribution in [0.1, 0.15) is 5.89 Å². The van der Waals surface area contributed by atoms with Crippen molar-refractivity contribution >= 4 is 29.0 Å². The van der Waals surface area contributed by atoms with E-state index in [1.54, 1.807) is 49.4 Å². The monoisotopic (exact) mass is 328 g/mol. The minimum atomic E-state index is -0.355. The molecule has 116 valence electrons. The van der Waals surface area contributed by atoms with Gasteiger partial charge in [-0.25, -0.2) is 4.79 Å². The molecule has 0 aliphatic rings. The summed E-state index contributed by atoms with van der Waals surface area (Å²) in [5.41, 5.74) is 2.00. The number of hydrogen-bond donors (Lipinski definition) is 2. The maximum atomic E-state index is 12.0. The molecule has 2 amide bonds. The molecule has 2 N–H and O–H groups in total.